The molecule has 0 aromatic carbocycles. The van der Waals surface area contributed by atoms with E-state index in [9.17, 15) is 15.3 Å². The van der Waals surface area contributed by atoms with Crippen molar-refractivity contribution in [2.45, 2.75) is 116 Å². The minimum absolute atomic E-state index is 0.187. The summed E-state index contributed by atoms with van der Waals surface area (Å²) < 4.78 is 6.23. The van der Waals surface area contributed by atoms with E-state index in [0.717, 1.165) is 30.4 Å². The predicted molar refractivity (Wildman–Crippen MR) is 135 cm³/mol. The molecule has 0 amide bonds. The topological polar surface area (TPSA) is 69.9 Å². The van der Waals surface area contributed by atoms with Crippen LogP contribution in [0.2, 0.25) is 0 Å². The molecule has 0 aromatic heterocycles. The summed E-state index contributed by atoms with van der Waals surface area (Å²) in [6.07, 6.45) is 12.2. The fraction of sp³-hybridized carbons (Fsp3) is 0.793. The Kier molecular flexibility index (Phi) is 8.70. The molecule has 4 heteroatoms. The molecule has 1 unspecified atom stereocenters. The van der Waals surface area contributed by atoms with Crippen molar-refractivity contribution in [2.75, 3.05) is 6.61 Å². The van der Waals surface area contributed by atoms with E-state index in [-0.39, 0.29) is 11.5 Å². The maximum absolute atomic E-state index is 10.3. The van der Waals surface area contributed by atoms with Gasteiger partial charge in [0, 0.05) is 13.0 Å². The van der Waals surface area contributed by atoms with Crippen molar-refractivity contribution in [3.8, 4) is 0 Å². The Labute approximate surface area is 201 Å². The van der Waals surface area contributed by atoms with Crippen LogP contribution in [0.4, 0.5) is 0 Å². The Morgan fingerprint density at radius 3 is 2.64 bits per heavy atom. The molecule has 0 saturated heterocycles. The average Bonchev–Trinajstić information content (AvgIpc) is 3.09. The van der Waals surface area contributed by atoms with Crippen LogP contribution in [0.25, 0.3) is 0 Å². The third kappa shape index (κ3) is 6.20. The monoisotopic (exact) mass is 460 g/mol. The van der Waals surface area contributed by atoms with Crippen LogP contribution < -0.4 is 0 Å². The minimum Gasteiger partial charge on any atom is -0.393 e. The van der Waals surface area contributed by atoms with Gasteiger partial charge in [0.2, 0.25) is 0 Å². The van der Waals surface area contributed by atoms with Crippen LogP contribution in [-0.2, 0) is 4.74 Å². The summed E-state index contributed by atoms with van der Waals surface area (Å²) in [5, 5.41) is 30.5. The molecule has 0 radical (unpaired) electrons. The van der Waals surface area contributed by atoms with Crippen LogP contribution in [0.5, 0.6) is 0 Å². The zero-order valence-corrected chi connectivity index (χ0v) is 21.6. The first-order valence-electron chi connectivity index (χ1n) is 13.2. The van der Waals surface area contributed by atoms with Crippen LogP contribution in [0.1, 0.15) is 92.4 Å². The molecule has 7 atom stereocenters. The van der Waals surface area contributed by atoms with E-state index in [1.165, 1.54) is 31.3 Å². The highest BCUT2D eigenvalue weighted by atomic mass is 16.5. The minimum atomic E-state index is -0.657. The van der Waals surface area contributed by atoms with Gasteiger partial charge in [0.1, 0.15) is 0 Å². The largest absolute Gasteiger partial charge is 0.393 e. The zero-order valence-electron chi connectivity index (χ0n) is 21.6. The van der Waals surface area contributed by atoms with Crippen LogP contribution in [-0.4, -0.2) is 45.8 Å². The third-order valence-corrected chi connectivity index (χ3v) is 8.94. The summed E-state index contributed by atoms with van der Waals surface area (Å²) in [7, 11) is 0. The van der Waals surface area contributed by atoms with Crippen molar-refractivity contribution in [1.82, 2.24) is 0 Å². The van der Waals surface area contributed by atoms with Crippen molar-refractivity contribution >= 4 is 0 Å². The highest BCUT2D eigenvalue weighted by molar-refractivity contribution is 5.38. The summed E-state index contributed by atoms with van der Waals surface area (Å²) in [6, 6.07) is 0. The lowest BCUT2D eigenvalue weighted by molar-refractivity contribution is -0.0414. The van der Waals surface area contributed by atoms with Gasteiger partial charge in [-0.1, -0.05) is 38.2 Å². The summed E-state index contributed by atoms with van der Waals surface area (Å²) in [5.74, 6) is 1.66. The lowest BCUT2D eigenvalue weighted by atomic mass is 9.60. The molecule has 0 aromatic rings. The Balaban J connectivity index is 1.77. The molecule has 3 rings (SSSR count). The molecule has 3 aliphatic carbocycles. The van der Waals surface area contributed by atoms with Gasteiger partial charge in [0.15, 0.2) is 0 Å². The van der Waals surface area contributed by atoms with Crippen molar-refractivity contribution in [3.63, 3.8) is 0 Å². The third-order valence-electron chi connectivity index (χ3n) is 8.94. The summed E-state index contributed by atoms with van der Waals surface area (Å²) in [5.41, 5.74) is 2.90. The number of hydrogen-bond acceptors (Lipinski definition) is 4. The van der Waals surface area contributed by atoms with Gasteiger partial charge in [-0.2, -0.15) is 0 Å². The van der Waals surface area contributed by atoms with E-state index in [1.807, 2.05) is 13.8 Å². The molecule has 3 fully saturated rings. The van der Waals surface area contributed by atoms with E-state index >= 15 is 0 Å². The highest BCUT2D eigenvalue weighted by Gasteiger charge is 2.51. The van der Waals surface area contributed by atoms with Crippen molar-refractivity contribution in [1.29, 1.82) is 0 Å². The van der Waals surface area contributed by atoms with Crippen LogP contribution in [0.15, 0.2) is 35.5 Å². The van der Waals surface area contributed by atoms with E-state index in [1.54, 1.807) is 0 Å². The molecule has 0 aliphatic heterocycles. The first-order valence-corrected chi connectivity index (χ1v) is 13.2. The van der Waals surface area contributed by atoms with E-state index in [2.05, 4.69) is 39.5 Å². The van der Waals surface area contributed by atoms with E-state index in [4.69, 9.17) is 4.74 Å². The Hall–Kier alpha value is -0.940. The molecule has 3 aliphatic rings. The number of ether oxygens (including phenoxy) is 1. The van der Waals surface area contributed by atoms with Crippen LogP contribution >= 0.6 is 0 Å². The number of aliphatic hydroxyl groups is 3. The molecule has 0 spiro atoms. The highest BCUT2D eigenvalue weighted by Crippen LogP contribution is 2.60. The second kappa shape index (κ2) is 10.8. The van der Waals surface area contributed by atoms with Crippen molar-refractivity contribution in [2.24, 2.45) is 23.2 Å². The Morgan fingerprint density at radius 2 is 1.97 bits per heavy atom. The van der Waals surface area contributed by atoms with Gasteiger partial charge in [-0.25, -0.2) is 0 Å². The summed E-state index contributed by atoms with van der Waals surface area (Å²) in [6.45, 7) is 15.5. The molecule has 188 valence electrons. The van der Waals surface area contributed by atoms with E-state index < -0.39 is 17.8 Å². The number of hydrogen-bond donors (Lipinski definition) is 3. The van der Waals surface area contributed by atoms with Gasteiger partial charge in [-0.05, 0) is 106 Å². The van der Waals surface area contributed by atoms with Gasteiger partial charge in [-0.15, -0.1) is 0 Å². The SMILES string of the molecule is C=C1/C(=C\C=C2/CCC[C@]3(C)[C@@H]([C@@H](C)C(CCC(C)(C)O)OCC)CC[C@@H]23)C[C@@H](O)C[C@@H]1O. The number of rotatable bonds is 8. The average molecular weight is 461 g/mol. The van der Waals surface area contributed by atoms with Gasteiger partial charge in [0.05, 0.1) is 23.9 Å². The molecular weight excluding hydrogens is 412 g/mol. The lowest BCUT2D eigenvalue weighted by Gasteiger charge is -2.46. The molecule has 0 bridgehead atoms. The number of aliphatic hydroxyl groups excluding tert-OH is 2. The summed E-state index contributed by atoms with van der Waals surface area (Å²) >= 11 is 0. The molecule has 3 saturated carbocycles. The fourth-order valence-corrected chi connectivity index (χ4v) is 7.07. The second-order valence-electron chi connectivity index (χ2n) is 11.9. The van der Waals surface area contributed by atoms with Crippen molar-refractivity contribution < 1.29 is 20.1 Å². The molecule has 33 heavy (non-hydrogen) atoms. The van der Waals surface area contributed by atoms with Gasteiger partial charge in [0.25, 0.3) is 0 Å². The van der Waals surface area contributed by atoms with Gasteiger partial charge < -0.3 is 20.1 Å². The van der Waals surface area contributed by atoms with Crippen LogP contribution in [0.3, 0.4) is 0 Å². The second-order valence-corrected chi connectivity index (χ2v) is 11.9. The normalized spacial score (nSPS) is 37.4. The molecule has 4 nitrogen and oxygen atoms in total. The predicted octanol–water partition coefficient (Wildman–Crippen LogP) is 5.72. The smallest absolute Gasteiger partial charge is 0.0811 e. The standard InChI is InChI=1S/C29H48O4/c1-7-33-27(14-16-28(4,5)32)20(3)24-12-13-25-21(9-8-15-29(24,25)6)10-11-22-17-23(30)18-26(31)19(22)2/h10-11,20,23-27,30-32H,2,7-9,12-18H2,1,3-6H3/b21-10+,22-11-/t20-,23-,24-,25+,26+,27?,29-/m1/s1. The Bertz CT molecular complexity index is 745. The van der Waals surface area contributed by atoms with Gasteiger partial charge in [-0.3, -0.25) is 0 Å². The maximum atomic E-state index is 10.3. The van der Waals surface area contributed by atoms with Crippen LogP contribution in [0, 0.1) is 23.2 Å². The lowest BCUT2D eigenvalue weighted by Crippen LogP contribution is -2.40. The maximum Gasteiger partial charge on any atom is 0.0811 e. The Morgan fingerprint density at radius 1 is 1.24 bits per heavy atom. The van der Waals surface area contributed by atoms with E-state index in [0.29, 0.717) is 37.2 Å². The summed E-state index contributed by atoms with van der Waals surface area (Å²) in [4.78, 5) is 0. The zero-order chi connectivity index (χ0) is 24.4. The quantitative estimate of drug-likeness (QED) is 0.433. The molecule has 3 N–H and O–H groups in total. The number of fused-ring (bicyclic) bond motifs is 1. The van der Waals surface area contributed by atoms with Crippen molar-refractivity contribution in [3.05, 3.63) is 35.5 Å². The van der Waals surface area contributed by atoms with Gasteiger partial charge >= 0.3 is 0 Å². The fourth-order valence-electron chi connectivity index (χ4n) is 7.07. The first kappa shape index (κ1) is 26.7. The number of allylic oxidation sites excluding steroid dienone is 3. The first-order chi connectivity index (χ1) is 15.5. The molecular formula is C29H48O4. The molecule has 0 heterocycles.